The van der Waals surface area contributed by atoms with Crippen molar-refractivity contribution in [1.82, 2.24) is 4.72 Å². The van der Waals surface area contributed by atoms with Crippen molar-refractivity contribution in [3.63, 3.8) is 0 Å². The van der Waals surface area contributed by atoms with E-state index in [1.165, 1.54) is 0 Å². The minimum absolute atomic E-state index is 0.222. The maximum absolute atomic E-state index is 12.0. The summed E-state index contributed by atoms with van der Waals surface area (Å²) in [6.07, 6.45) is -0.357. The number of sulfonamides is 1. The molecule has 0 saturated heterocycles. The van der Waals surface area contributed by atoms with Crippen molar-refractivity contribution in [2.45, 2.75) is 45.1 Å². The third kappa shape index (κ3) is 5.88. The zero-order valence-electron chi connectivity index (χ0n) is 13.0. The van der Waals surface area contributed by atoms with Gasteiger partial charge in [0.05, 0.1) is 4.90 Å². The smallest absolute Gasteiger partial charge is 0.240 e. The van der Waals surface area contributed by atoms with Gasteiger partial charge in [-0.15, -0.1) is 0 Å². The normalized spacial score (nSPS) is 13.4. The van der Waals surface area contributed by atoms with Gasteiger partial charge in [-0.05, 0) is 24.5 Å². The molecule has 4 nitrogen and oxygen atoms in total. The van der Waals surface area contributed by atoms with E-state index in [1.54, 1.807) is 24.3 Å². The summed E-state index contributed by atoms with van der Waals surface area (Å²) in [5.74, 6) is 5.52. The van der Waals surface area contributed by atoms with Crippen LogP contribution in [0, 0.1) is 24.2 Å². The number of aliphatic hydroxyl groups excluding tert-OH is 1. The first-order valence-corrected chi connectivity index (χ1v) is 8.34. The molecule has 0 aromatic heterocycles. The van der Waals surface area contributed by atoms with Gasteiger partial charge in [0.2, 0.25) is 10.0 Å². The molecular weight excluding hydrogens is 286 g/mol. The van der Waals surface area contributed by atoms with E-state index in [0.29, 0.717) is 6.42 Å². The molecule has 0 saturated carbocycles. The van der Waals surface area contributed by atoms with Crippen LogP contribution in [0.5, 0.6) is 0 Å². The minimum Gasteiger partial charge on any atom is -0.380 e. The van der Waals surface area contributed by atoms with Crippen LogP contribution in [-0.2, 0) is 10.0 Å². The zero-order chi connectivity index (χ0) is 16.1. The van der Waals surface area contributed by atoms with Crippen molar-refractivity contribution in [1.29, 1.82) is 0 Å². The lowest BCUT2D eigenvalue weighted by Gasteiger charge is -2.20. The second kappa shape index (κ2) is 7.08. The van der Waals surface area contributed by atoms with Crippen LogP contribution < -0.4 is 4.72 Å². The molecule has 0 aliphatic heterocycles. The van der Waals surface area contributed by atoms with Crippen LogP contribution in [0.2, 0.25) is 0 Å². The summed E-state index contributed by atoms with van der Waals surface area (Å²) in [4.78, 5) is 0.246. The van der Waals surface area contributed by atoms with E-state index in [9.17, 15) is 13.5 Å². The Morgan fingerprint density at radius 2 is 1.81 bits per heavy atom. The summed E-state index contributed by atoms with van der Waals surface area (Å²) >= 11 is 0. The third-order valence-electron chi connectivity index (χ3n) is 2.93. The highest BCUT2D eigenvalue weighted by molar-refractivity contribution is 7.89. The Hall–Kier alpha value is -1.35. The molecule has 0 spiro atoms. The molecule has 0 bridgehead atoms. The fraction of sp³-hybridized carbons (Fsp3) is 0.500. The Balaban J connectivity index is 2.53. The second-order valence-electron chi connectivity index (χ2n) is 6.05. The number of benzene rings is 1. The van der Waals surface area contributed by atoms with Gasteiger partial charge in [0, 0.05) is 13.0 Å². The fourth-order valence-corrected chi connectivity index (χ4v) is 2.47. The van der Waals surface area contributed by atoms with Crippen molar-refractivity contribution in [2.75, 3.05) is 6.54 Å². The van der Waals surface area contributed by atoms with Gasteiger partial charge >= 0.3 is 0 Å². The summed E-state index contributed by atoms with van der Waals surface area (Å²) in [6.45, 7) is 7.81. The summed E-state index contributed by atoms with van der Waals surface area (Å²) in [5.41, 5.74) is 0.713. The Morgan fingerprint density at radius 3 is 2.33 bits per heavy atom. The first kappa shape index (κ1) is 17.7. The van der Waals surface area contributed by atoms with E-state index in [0.717, 1.165) is 5.56 Å². The Kier molecular flexibility index (Phi) is 5.97. The molecule has 2 N–H and O–H groups in total. The van der Waals surface area contributed by atoms with Crippen molar-refractivity contribution >= 4 is 10.0 Å². The van der Waals surface area contributed by atoms with Crippen LogP contribution in [0.4, 0.5) is 0 Å². The monoisotopic (exact) mass is 309 g/mol. The maximum atomic E-state index is 12.0. The molecule has 1 atom stereocenters. The Morgan fingerprint density at radius 1 is 1.24 bits per heavy atom. The van der Waals surface area contributed by atoms with Gasteiger partial charge in [0.1, 0.15) is 6.10 Å². The fourth-order valence-electron chi connectivity index (χ4n) is 1.43. The lowest BCUT2D eigenvalue weighted by Crippen LogP contribution is -2.25. The number of aliphatic hydroxyl groups is 1. The zero-order valence-corrected chi connectivity index (χ0v) is 13.8. The SMILES string of the molecule is Cc1ccc(S(=O)(=O)NCCC#CC(O)C(C)(C)C)cc1. The van der Waals surface area contributed by atoms with Gasteiger partial charge in [-0.3, -0.25) is 0 Å². The lowest BCUT2D eigenvalue weighted by atomic mass is 9.89. The van der Waals surface area contributed by atoms with Gasteiger partial charge in [-0.25, -0.2) is 13.1 Å². The molecule has 1 rings (SSSR count). The van der Waals surface area contributed by atoms with E-state index < -0.39 is 16.1 Å². The van der Waals surface area contributed by atoms with Crippen molar-refractivity contribution in [3.05, 3.63) is 29.8 Å². The molecule has 0 aliphatic rings. The number of rotatable bonds is 4. The molecule has 0 amide bonds. The van der Waals surface area contributed by atoms with Crippen molar-refractivity contribution in [3.8, 4) is 11.8 Å². The quantitative estimate of drug-likeness (QED) is 0.661. The molecule has 21 heavy (non-hydrogen) atoms. The number of nitrogens with one attached hydrogen (secondary N) is 1. The maximum Gasteiger partial charge on any atom is 0.240 e. The van der Waals surface area contributed by atoms with Crippen LogP contribution in [0.25, 0.3) is 0 Å². The Bertz CT molecular complexity index is 616. The van der Waals surface area contributed by atoms with E-state index >= 15 is 0 Å². The van der Waals surface area contributed by atoms with Crippen LogP contribution in [0.1, 0.15) is 32.8 Å². The van der Waals surface area contributed by atoms with Crippen LogP contribution in [-0.4, -0.2) is 26.2 Å². The van der Waals surface area contributed by atoms with E-state index in [1.807, 2.05) is 27.7 Å². The predicted molar refractivity (Wildman–Crippen MR) is 84.2 cm³/mol. The largest absolute Gasteiger partial charge is 0.380 e. The number of aryl methyl sites for hydroxylation is 1. The van der Waals surface area contributed by atoms with E-state index in [4.69, 9.17) is 0 Å². The molecule has 0 fully saturated rings. The lowest BCUT2D eigenvalue weighted by molar-refractivity contribution is 0.114. The summed E-state index contributed by atoms with van der Waals surface area (Å²) in [6, 6.07) is 6.67. The van der Waals surface area contributed by atoms with Crippen LogP contribution >= 0.6 is 0 Å². The molecule has 1 aromatic carbocycles. The molecule has 5 heteroatoms. The molecule has 116 valence electrons. The second-order valence-corrected chi connectivity index (χ2v) is 7.82. The van der Waals surface area contributed by atoms with Gasteiger partial charge in [-0.1, -0.05) is 50.3 Å². The van der Waals surface area contributed by atoms with Gasteiger partial charge in [-0.2, -0.15) is 0 Å². The highest BCUT2D eigenvalue weighted by Crippen LogP contribution is 2.17. The summed E-state index contributed by atoms with van der Waals surface area (Å²) < 4.78 is 26.5. The molecule has 0 aliphatic carbocycles. The molecular formula is C16H23NO3S. The first-order valence-electron chi connectivity index (χ1n) is 6.86. The summed E-state index contributed by atoms with van der Waals surface area (Å²) in [5, 5.41) is 9.74. The topological polar surface area (TPSA) is 66.4 Å². The highest BCUT2D eigenvalue weighted by Gasteiger charge is 2.19. The minimum atomic E-state index is -3.49. The highest BCUT2D eigenvalue weighted by atomic mass is 32.2. The van der Waals surface area contributed by atoms with Crippen LogP contribution in [0.3, 0.4) is 0 Å². The molecule has 0 radical (unpaired) electrons. The first-order chi connectivity index (χ1) is 9.63. The van der Waals surface area contributed by atoms with Gasteiger partial charge < -0.3 is 5.11 Å². The van der Waals surface area contributed by atoms with Crippen LogP contribution in [0.15, 0.2) is 29.2 Å². The van der Waals surface area contributed by atoms with E-state index in [2.05, 4.69) is 16.6 Å². The Labute approximate surface area is 127 Å². The van der Waals surface area contributed by atoms with Gasteiger partial charge in [0.25, 0.3) is 0 Å². The average molecular weight is 309 g/mol. The molecule has 1 unspecified atom stereocenters. The van der Waals surface area contributed by atoms with Crippen molar-refractivity contribution < 1.29 is 13.5 Å². The van der Waals surface area contributed by atoms with E-state index in [-0.39, 0.29) is 16.9 Å². The third-order valence-corrected chi connectivity index (χ3v) is 4.41. The van der Waals surface area contributed by atoms with Crippen molar-refractivity contribution in [2.24, 2.45) is 5.41 Å². The average Bonchev–Trinajstić information content (AvgIpc) is 2.37. The standard InChI is InChI=1S/C16H23NO3S/c1-13-8-10-14(11-9-13)21(19,20)17-12-6-5-7-15(18)16(2,3)4/h8-11,15,17-18H,6,12H2,1-4H3. The number of hydrogen-bond acceptors (Lipinski definition) is 3. The number of hydrogen-bond donors (Lipinski definition) is 2. The molecule has 1 aromatic rings. The summed E-state index contributed by atoms with van der Waals surface area (Å²) in [7, 11) is -3.49. The van der Waals surface area contributed by atoms with Gasteiger partial charge in [0.15, 0.2) is 0 Å². The molecule has 0 heterocycles. The predicted octanol–water partition coefficient (Wildman–Crippen LogP) is 2.07.